The van der Waals surface area contributed by atoms with Crippen molar-refractivity contribution in [3.63, 3.8) is 0 Å². The van der Waals surface area contributed by atoms with Gasteiger partial charge in [-0.2, -0.15) is 0 Å². The molecule has 3 fully saturated rings. The molecule has 282 valence electrons. The lowest BCUT2D eigenvalue weighted by Gasteiger charge is -2.49. The second-order valence-corrected chi connectivity index (χ2v) is 12.0. The third kappa shape index (κ3) is 9.36. The van der Waals surface area contributed by atoms with Gasteiger partial charge in [-0.1, -0.05) is 0 Å². The summed E-state index contributed by atoms with van der Waals surface area (Å²) in [4.78, 5) is 48.2. The topological polar surface area (TPSA) is 353 Å². The van der Waals surface area contributed by atoms with Gasteiger partial charge in [0.05, 0.1) is 32.0 Å². The molecule has 0 aromatic carbocycles. The second kappa shape index (κ2) is 17.0. The van der Waals surface area contributed by atoms with E-state index in [1.807, 2.05) is 0 Å². The molecule has 13 N–H and O–H groups in total. The number of carboxylic acids is 1. The van der Waals surface area contributed by atoms with Gasteiger partial charge in [-0.25, -0.2) is 4.79 Å². The van der Waals surface area contributed by atoms with Crippen LogP contribution in [0.15, 0.2) is 0 Å². The molecule has 3 aliphatic rings. The minimum atomic E-state index is -2.86. The predicted molar refractivity (Wildman–Crippen MR) is 153 cm³/mol. The molecule has 49 heavy (non-hydrogen) atoms. The average molecular weight is 716 g/mol. The largest absolute Gasteiger partial charge is 0.477 e. The molecule has 3 aliphatic heterocycles. The summed E-state index contributed by atoms with van der Waals surface area (Å²) in [6, 6.07) is -4.60. The zero-order chi connectivity index (χ0) is 37.0. The van der Waals surface area contributed by atoms with Gasteiger partial charge in [0.25, 0.3) is 5.79 Å². The fourth-order valence-corrected chi connectivity index (χ4v) is 5.86. The number of aliphatic carboxylic acids is 1. The Morgan fingerprint density at radius 1 is 0.816 bits per heavy atom. The quantitative estimate of drug-likeness (QED) is 0.0842. The van der Waals surface area contributed by atoms with Gasteiger partial charge in [-0.3, -0.25) is 14.4 Å². The van der Waals surface area contributed by atoms with Gasteiger partial charge < -0.3 is 90.7 Å². The molecule has 3 saturated heterocycles. The number of rotatable bonds is 13. The lowest BCUT2D eigenvalue weighted by Crippen LogP contribution is -2.70. The van der Waals surface area contributed by atoms with Crippen molar-refractivity contribution < 1.29 is 93.9 Å². The van der Waals surface area contributed by atoms with Gasteiger partial charge in [-0.05, 0) is 0 Å². The maximum Gasteiger partial charge on any atom is 0.364 e. The Kier molecular flexibility index (Phi) is 14.2. The van der Waals surface area contributed by atoms with Crippen molar-refractivity contribution in [2.45, 2.75) is 125 Å². The number of hydrogen-bond acceptors (Lipinski definition) is 18. The molecule has 0 spiro atoms. The van der Waals surface area contributed by atoms with Crippen molar-refractivity contribution in [2.75, 3.05) is 19.8 Å². The first-order valence-electron chi connectivity index (χ1n) is 15.2. The van der Waals surface area contributed by atoms with Crippen LogP contribution in [0.5, 0.6) is 0 Å². The number of hydrogen-bond donors (Lipinski definition) is 13. The summed E-state index contributed by atoms with van der Waals surface area (Å²) in [5.74, 6) is -6.92. The molecule has 3 amide bonds. The van der Waals surface area contributed by atoms with E-state index in [1.54, 1.807) is 0 Å². The van der Waals surface area contributed by atoms with Crippen LogP contribution in [-0.4, -0.2) is 192 Å². The number of aliphatic hydroxyl groups is 9. The highest BCUT2D eigenvalue weighted by molar-refractivity contribution is 5.76. The van der Waals surface area contributed by atoms with E-state index >= 15 is 0 Å². The van der Waals surface area contributed by atoms with Crippen LogP contribution in [-0.2, 0) is 42.9 Å². The summed E-state index contributed by atoms with van der Waals surface area (Å²) >= 11 is 0. The van der Waals surface area contributed by atoms with Crippen LogP contribution >= 0.6 is 0 Å². The number of carbonyl (C=O) groups excluding carboxylic acids is 3. The van der Waals surface area contributed by atoms with E-state index in [4.69, 9.17) is 23.7 Å². The van der Waals surface area contributed by atoms with E-state index in [0.717, 1.165) is 20.8 Å². The fraction of sp³-hybridized carbons (Fsp3) is 0.852. The van der Waals surface area contributed by atoms with Crippen LogP contribution < -0.4 is 16.0 Å². The van der Waals surface area contributed by atoms with Gasteiger partial charge >= 0.3 is 5.97 Å². The number of nitrogens with one attached hydrogen (secondary N) is 3. The summed E-state index contributed by atoms with van der Waals surface area (Å²) < 4.78 is 27.8. The van der Waals surface area contributed by atoms with E-state index in [2.05, 4.69) is 16.0 Å². The van der Waals surface area contributed by atoms with Crippen molar-refractivity contribution in [3.8, 4) is 0 Å². The standard InChI is InChI=1S/C27H45N3O19/c1-8(33)28-15-11(36)4-27(26(43)44,49-23(15)18(38)12(37)5-31)45-7-14-20(40)22(17(24(42)46-14)30-10(3)35)48-25-16(29-9(2)34)21(41)19(39)13(6-32)47-25/h11-25,31-32,36-42H,4-7H2,1-3H3,(H,28,33)(H,29,34)(H,30,35)(H,43,44)/t11-,12+,13+,14+,15+,16+,17+,18+,19-,20-,21+,22+,23+,24?,25-,27+/m0/s1. The monoisotopic (exact) mass is 715 g/mol. The molecule has 0 aromatic rings. The molecule has 3 heterocycles. The minimum absolute atomic E-state index is 0.711. The minimum Gasteiger partial charge on any atom is -0.477 e. The normalized spacial score (nSPS) is 40.9. The van der Waals surface area contributed by atoms with Crippen LogP contribution in [0.3, 0.4) is 0 Å². The molecule has 0 saturated carbocycles. The Balaban J connectivity index is 1.92. The molecule has 22 heteroatoms. The highest BCUT2D eigenvalue weighted by Crippen LogP contribution is 2.35. The Labute approximate surface area is 278 Å². The molecule has 16 atom stereocenters. The van der Waals surface area contributed by atoms with E-state index in [1.165, 1.54) is 0 Å². The Morgan fingerprint density at radius 2 is 1.39 bits per heavy atom. The van der Waals surface area contributed by atoms with Crippen LogP contribution in [0.2, 0.25) is 0 Å². The summed E-state index contributed by atoms with van der Waals surface area (Å²) in [5.41, 5.74) is 0. The number of carbonyl (C=O) groups is 4. The SMILES string of the molecule is CC(=O)N[C@H]1[C@H](O[C@H]2[C@@H](O)[C@@H](CO[C@]3(C(=O)O)C[C@H](O)[C@@H](NC(C)=O)[C@H]([C@H](O)[C@H](O)CO)O3)OC(O)[C@@H]2NC(C)=O)O[C@H](CO)[C@H](O)[C@@H]1O. The molecule has 0 aromatic heterocycles. The number of ether oxygens (including phenoxy) is 5. The van der Waals surface area contributed by atoms with Gasteiger partial charge in [-0.15, -0.1) is 0 Å². The van der Waals surface area contributed by atoms with Crippen molar-refractivity contribution in [3.05, 3.63) is 0 Å². The molecular formula is C27H45N3O19. The molecule has 22 nitrogen and oxygen atoms in total. The van der Waals surface area contributed by atoms with Gasteiger partial charge in [0.1, 0.15) is 67.0 Å². The summed E-state index contributed by atoms with van der Waals surface area (Å²) in [7, 11) is 0. The van der Waals surface area contributed by atoms with Gasteiger partial charge in [0.15, 0.2) is 12.6 Å². The molecule has 0 aliphatic carbocycles. The number of aliphatic hydroxyl groups excluding tert-OH is 9. The van der Waals surface area contributed by atoms with Crippen molar-refractivity contribution in [1.29, 1.82) is 0 Å². The van der Waals surface area contributed by atoms with Crippen molar-refractivity contribution in [1.82, 2.24) is 16.0 Å². The molecular weight excluding hydrogens is 670 g/mol. The van der Waals surface area contributed by atoms with E-state index in [9.17, 15) is 70.2 Å². The van der Waals surface area contributed by atoms with Crippen LogP contribution in [0, 0.1) is 0 Å². The van der Waals surface area contributed by atoms with E-state index < -0.39 is 147 Å². The third-order valence-electron chi connectivity index (χ3n) is 8.27. The average Bonchev–Trinajstić information content (AvgIpc) is 3.02. The van der Waals surface area contributed by atoms with E-state index in [0.29, 0.717) is 0 Å². The van der Waals surface area contributed by atoms with Crippen molar-refractivity contribution >= 4 is 23.7 Å². The molecule has 1 unspecified atom stereocenters. The molecule has 0 radical (unpaired) electrons. The summed E-state index contributed by atoms with van der Waals surface area (Å²) in [6.07, 6.45) is -22.7. The van der Waals surface area contributed by atoms with Crippen molar-refractivity contribution in [2.24, 2.45) is 0 Å². The highest BCUT2D eigenvalue weighted by Gasteiger charge is 2.57. The van der Waals surface area contributed by atoms with E-state index in [-0.39, 0.29) is 0 Å². The van der Waals surface area contributed by atoms with Gasteiger partial charge in [0.2, 0.25) is 17.7 Å². The first-order chi connectivity index (χ1) is 22.9. The maximum atomic E-state index is 12.5. The first-order valence-corrected chi connectivity index (χ1v) is 15.2. The van der Waals surface area contributed by atoms with Crippen LogP contribution in [0.4, 0.5) is 0 Å². The smallest absolute Gasteiger partial charge is 0.364 e. The van der Waals surface area contributed by atoms with Gasteiger partial charge in [0, 0.05) is 27.2 Å². The molecule has 3 rings (SSSR count). The third-order valence-corrected chi connectivity index (χ3v) is 8.27. The predicted octanol–water partition coefficient (Wildman–Crippen LogP) is -7.94. The Hall–Kier alpha value is -2.68. The zero-order valence-electron chi connectivity index (χ0n) is 26.6. The lowest BCUT2D eigenvalue weighted by molar-refractivity contribution is -0.342. The maximum absolute atomic E-state index is 12.5. The first kappa shape index (κ1) is 40.7. The fourth-order valence-electron chi connectivity index (χ4n) is 5.86. The molecule has 0 bridgehead atoms. The van der Waals surface area contributed by atoms with Crippen LogP contribution in [0.1, 0.15) is 27.2 Å². The summed E-state index contributed by atoms with van der Waals surface area (Å²) in [6.45, 7) is 0.360. The number of carboxylic acid groups (broad SMARTS) is 1. The summed E-state index contributed by atoms with van der Waals surface area (Å²) in [5, 5.41) is 111. The number of amides is 3. The highest BCUT2D eigenvalue weighted by atomic mass is 16.7. The zero-order valence-corrected chi connectivity index (χ0v) is 26.6. The van der Waals surface area contributed by atoms with Crippen LogP contribution in [0.25, 0.3) is 0 Å². The Bertz CT molecular complexity index is 1170. The lowest BCUT2D eigenvalue weighted by atomic mass is 9.88. The Morgan fingerprint density at radius 3 is 1.92 bits per heavy atom. The second-order valence-electron chi connectivity index (χ2n) is 12.0.